The van der Waals surface area contributed by atoms with Crippen LogP contribution in [0, 0.1) is 0 Å². The van der Waals surface area contributed by atoms with Gasteiger partial charge in [0.1, 0.15) is 0 Å². The van der Waals surface area contributed by atoms with Gasteiger partial charge >= 0.3 is 0 Å². The summed E-state index contributed by atoms with van der Waals surface area (Å²) >= 11 is 0. The highest BCUT2D eigenvalue weighted by atomic mass is 16.1. The van der Waals surface area contributed by atoms with E-state index in [4.69, 9.17) is 0 Å². The maximum absolute atomic E-state index is 12.4. The number of rotatable bonds is 4. The number of nitrogens with one attached hydrogen (secondary N) is 1. The van der Waals surface area contributed by atoms with Gasteiger partial charge in [0.05, 0.1) is 18.1 Å². The smallest absolute Gasteiger partial charge is 0.255 e. The summed E-state index contributed by atoms with van der Waals surface area (Å²) in [6.07, 6.45) is 6.99. The first-order valence-corrected chi connectivity index (χ1v) is 8.29. The van der Waals surface area contributed by atoms with Gasteiger partial charge in [-0.3, -0.25) is 4.79 Å². The molecular weight excluding hydrogens is 302 g/mol. The zero-order valence-corrected chi connectivity index (χ0v) is 14.2. The van der Waals surface area contributed by atoms with Crippen LogP contribution in [0.1, 0.15) is 29.6 Å². The van der Waals surface area contributed by atoms with Crippen molar-refractivity contribution in [1.82, 2.24) is 9.97 Å². The van der Waals surface area contributed by atoms with Crippen molar-refractivity contribution in [3.05, 3.63) is 42.2 Å². The summed E-state index contributed by atoms with van der Waals surface area (Å²) in [5, 5.41) is 2.85. The molecular formula is C18H23N5O. The minimum Gasteiger partial charge on any atom is -0.378 e. The molecule has 6 heteroatoms. The molecule has 1 aliphatic heterocycles. The molecule has 1 fully saturated rings. The van der Waals surface area contributed by atoms with E-state index in [0.717, 1.165) is 24.7 Å². The summed E-state index contributed by atoms with van der Waals surface area (Å²) in [4.78, 5) is 25.3. The van der Waals surface area contributed by atoms with Gasteiger partial charge in [0.15, 0.2) is 0 Å². The van der Waals surface area contributed by atoms with Crippen LogP contribution in [0.25, 0.3) is 0 Å². The van der Waals surface area contributed by atoms with E-state index in [1.54, 1.807) is 18.5 Å². The number of benzene rings is 1. The van der Waals surface area contributed by atoms with Crippen LogP contribution in [0.15, 0.2) is 36.7 Å². The summed E-state index contributed by atoms with van der Waals surface area (Å²) in [6.45, 7) is 2.01. The lowest BCUT2D eigenvalue weighted by Crippen LogP contribution is -2.30. The lowest BCUT2D eigenvalue weighted by molar-refractivity contribution is 0.102. The number of aromatic nitrogens is 2. The molecule has 0 atom stereocenters. The first-order valence-electron chi connectivity index (χ1n) is 8.29. The maximum Gasteiger partial charge on any atom is 0.255 e. The Labute approximate surface area is 142 Å². The molecule has 1 aromatic carbocycles. The largest absolute Gasteiger partial charge is 0.378 e. The molecule has 1 N–H and O–H groups in total. The Bertz CT molecular complexity index is 693. The molecule has 1 saturated heterocycles. The predicted octanol–water partition coefficient (Wildman–Crippen LogP) is 2.79. The van der Waals surface area contributed by atoms with Crippen LogP contribution in [-0.2, 0) is 0 Å². The van der Waals surface area contributed by atoms with Gasteiger partial charge in [-0.1, -0.05) is 6.07 Å². The highest BCUT2D eigenvalue weighted by Crippen LogP contribution is 2.18. The van der Waals surface area contributed by atoms with Gasteiger partial charge in [-0.2, -0.15) is 0 Å². The predicted molar refractivity (Wildman–Crippen MR) is 96.8 cm³/mol. The molecule has 3 rings (SSSR count). The normalized spacial score (nSPS) is 14.3. The van der Waals surface area contributed by atoms with E-state index in [1.165, 1.54) is 19.3 Å². The fraction of sp³-hybridized carbons (Fsp3) is 0.389. The Balaban J connectivity index is 1.67. The Hall–Kier alpha value is -2.63. The molecule has 0 aliphatic carbocycles. The second kappa shape index (κ2) is 7.29. The number of hydrogen-bond acceptors (Lipinski definition) is 5. The third-order valence-corrected chi connectivity index (χ3v) is 4.16. The molecule has 0 bridgehead atoms. The van der Waals surface area contributed by atoms with Crippen molar-refractivity contribution in [3.63, 3.8) is 0 Å². The van der Waals surface area contributed by atoms with Gasteiger partial charge in [-0.25, -0.2) is 9.97 Å². The molecule has 0 unspecified atom stereocenters. The molecule has 2 aromatic rings. The SMILES string of the molecule is CN(C)c1cccc(C(=O)Nc2cnc(N3CCCCC3)nc2)c1. The Morgan fingerprint density at radius 1 is 1.12 bits per heavy atom. The standard InChI is InChI=1S/C18H23N5O/c1-22(2)16-8-6-7-14(11-16)17(24)21-15-12-19-18(20-13-15)23-9-4-3-5-10-23/h6-8,11-13H,3-5,9-10H2,1-2H3,(H,21,24). The number of carbonyl (C=O) groups is 1. The Morgan fingerprint density at radius 3 is 2.50 bits per heavy atom. The fourth-order valence-corrected chi connectivity index (χ4v) is 2.77. The van der Waals surface area contributed by atoms with Gasteiger partial charge in [-0.15, -0.1) is 0 Å². The molecule has 1 aromatic heterocycles. The zero-order valence-electron chi connectivity index (χ0n) is 14.2. The van der Waals surface area contributed by atoms with Crippen molar-refractivity contribution in [3.8, 4) is 0 Å². The van der Waals surface area contributed by atoms with E-state index in [2.05, 4.69) is 20.2 Å². The van der Waals surface area contributed by atoms with Crippen LogP contribution in [-0.4, -0.2) is 43.1 Å². The highest BCUT2D eigenvalue weighted by molar-refractivity contribution is 6.04. The van der Waals surface area contributed by atoms with E-state index >= 15 is 0 Å². The van der Waals surface area contributed by atoms with Crippen LogP contribution in [0.4, 0.5) is 17.3 Å². The Kier molecular flexibility index (Phi) is 4.93. The molecule has 1 aliphatic rings. The minimum atomic E-state index is -0.159. The number of amides is 1. The molecule has 1 amide bonds. The van der Waals surface area contributed by atoms with Crippen LogP contribution < -0.4 is 15.1 Å². The summed E-state index contributed by atoms with van der Waals surface area (Å²) in [5.74, 6) is 0.579. The second-order valence-corrected chi connectivity index (χ2v) is 6.22. The first kappa shape index (κ1) is 16.2. The van der Waals surface area contributed by atoms with Gasteiger partial charge in [0.2, 0.25) is 5.95 Å². The molecule has 0 saturated carbocycles. The Morgan fingerprint density at radius 2 is 1.83 bits per heavy atom. The third-order valence-electron chi connectivity index (χ3n) is 4.16. The molecule has 0 radical (unpaired) electrons. The summed E-state index contributed by atoms with van der Waals surface area (Å²) in [5.41, 5.74) is 2.21. The van der Waals surface area contributed by atoms with Crippen LogP contribution in [0.3, 0.4) is 0 Å². The van der Waals surface area contributed by atoms with Gasteiger partial charge in [-0.05, 0) is 37.5 Å². The maximum atomic E-state index is 12.4. The van der Waals surface area contributed by atoms with E-state index in [9.17, 15) is 4.79 Å². The zero-order chi connectivity index (χ0) is 16.9. The molecule has 0 spiro atoms. The van der Waals surface area contributed by atoms with Crippen molar-refractivity contribution in [2.75, 3.05) is 42.3 Å². The van der Waals surface area contributed by atoms with Gasteiger partial charge in [0, 0.05) is 38.4 Å². The summed E-state index contributed by atoms with van der Waals surface area (Å²) in [6, 6.07) is 7.50. The monoisotopic (exact) mass is 325 g/mol. The van der Waals surface area contributed by atoms with E-state index in [1.807, 2.05) is 37.2 Å². The second-order valence-electron chi connectivity index (χ2n) is 6.22. The number of nitrogens with zero attached hydrogens (tertiary/aromatic N) is 4. The number of anilines is 3. The van der Waals surface area contributed by atoms with Gasteiger partial charge in [0.25, 0.3) is 5.91 Å². The van der Waals surface area contributed by atoms with E-state index in [0.29, 0.717) is 11.3 Å². The van der Waals surface area contributed by atoms with Crippen molar-refractivity contribution >= 4 is 23.2 Å². The highest BCUT2D eigenvalue weighted by Gasteiger charge is 2.14. The number of hydrogen-bond donors (Lipinski definition) is 1. The van der Waals surface area contributed by atoms with Crippen molar-refractivity contribution < 1.29 is 4.79 Å². The topological polar surface area (TPSA) is 61.4 Å². The minimum absolute atomic E-state index is 0.159. The van der Waals surface area contributed by atoms with Crippen molar-refractivity contribution in [2.24, 2.45) is 0 Å². The number of carbonyl (C=O) groups excluding carboxylic acids is 1. The van der Waals surface area contributed by atoms with Crippen molar-refractivity contribution in [1.29, 1.82) is 0 Å². The first-order chi connectivity index (χ1) is 11.6. The fourth-order valence-electron chi connectivity index (χ4n) is 2.77. The molecule has 24 heavy (non-hydrogen) atoms. The van der Waals surface area contributed by atoms with Gasteiger partial charge < -0.3 is 15.1 Å². The average Bonchev–Trinajstić information content (AvgIpc) is 2.63. The molecule has 2 heterocycles. The number of piperidine rings is 1. The van der Waals surface area contributed by atoms with Crippen LogP contribution in [0.2, 0.25) is 0 Å². The van der Waals surface area contributed by atoms with Crippen LogP contribution in [0.5, 0.6) is 0 Å². The van der Waals surface area contributed by atoms with Crippen LogP contribution >= 0.6 is 0 Å². The summed E-state index contributed by atoms with van der Waals surface area (Å²) in [7, 11) is 3.90. The lowest BCUT2D eigenvalue weighted by atomic mass is 10.1. The lowest BCUT2D eigenvalue weighted by Gasteiger charge is -2.26. The average molecular weight is 325 g/mol. The van der Waals surface area contributed by atoms with E-state index in [-0.39, 0.29) is 5.91 Å². The summed E-state index contributed by atoms with van der Waals surface area (Å²) < 4.78 is 0. The third kappa shape index (κ3) is 3.82. The quantitative estimate of drug-likeness (QED) is 0.936. The van der Waals surface area contributed by atoms with E-state index < -0.39 is 0 Å². The van der Waals surface area contributed by atoms with Crippen molar-refractivity contribution in [2.45, 2.75) is 19.3 Å². The molecule has 6 nitrogen and oxygen atoms in total. The molecule has 126 valence electrons.